The van der Waals surface area contributed by atoms with E-state index in [1.807, 2.05) is 11.3 Å². The lowest BCUT2D eigenvalue weighted by molar-refractivity contribution is -0.498. The molecular weight excluding hydrogens is 320 g/mol. The number of nitro groups is 1. The molecule has 0 aliphatic rings. The van der Waals surface area contributed by atoms with E-state index < -0.39 is 11.0 Å². The molecule has 0 radical (unpaired) electrons. The zero-order chi connectivity index (χ0) is 16.5. The Kier molecular flexibility index (Phi) is 8.44. The van der Waals surface area contributed by atoms with E-state index in [4.69, 9.17) is 5.73 Å². The molecule has 0 aliphatic heterocycles. The summed E-state index contributed by atoms with van der Waals surface area (Å²) in [5.41, 5.74) is 5.57. The summed E-state index contributed by atoms with van der Waals surface area (Å²) in [6.07, 6.45) is 0. The summed E-state index contributed by atoms with van der Waals surface area (Å²) >= 11 is 3.59. The van der Waals surface area contributed by atoms with Crippen LogP contribution in [-0.4, -0.2) is 35.6 Å². The molecule has 1 rings (SSSR count). The maximum absolute atomic E-state index is 10.6. The number of amidine groups is 1. The molecule has 0 saturated heterocycles. The van der Waals surface area contributed by atoms with Crippen molar-refractivity contribution in [2.45, 2.75) is 38.6 Å². The zero-order valence-electron chi connectivity index (χ0n) is 13.2. The van der Waals surface area contributed by atoms with Crippen LogP contribution in [0.2, 0.25) is 0 Å². The van der Waals surface area contributed by atoms with Gasteiger partial charge in [-0.1, -0.05) is 6.92 Å². The predicted octanol–water partition coefficient (Wildman–Crippen LogP) is 2.67. The first-order chi connectivity index (χ1) is 10.5. The van der Waals surface area contributed by atoms with Gasteiger partial charge >= 0.3 is 0 Å². The number of aliphatic imine (C=N–C) groups is 1. The Morgan fingerprint density at radius 1 is 1.55 bits per heavy atom. The Morgan fingerprint density at radius 2 is 2.27 bits per heavy atom. The van der Waals surface area contributed by atoms with Gasteiger partial charge in [0, 0.05) is 39.1 Å². The molecule has 0 bridgehead atoms. The molecule has 0 amide bonds. The lowest BCUT2D eigenvalue weighted by Crippen LogP contribution is -2.33. The zero-order valence-corrected chi connectivity index (χ0v) is 14.9. The Morgan fingerprint density at radius 3 is 2.91 bits per heavy atom. The number of thiophene rings is 1. The van der Waals surface area contributed by atoms with E-state index in [2.05, 4.69) is 36.3 Å². The van der Waals surface area contributed by atoms with Crippen molar-refractivity contribution >= 4 is 28.9 Å². The van der Waals surface area contributed by atoms with Crippen LogP contribution in [0.15, 0.2) is 17.1 Å². The Bertz CT molecular complexity index is 505. The molecule has 0 fully saturated rings. The third kappa shape index (κ3) is 6.33. The van der Waals surface area contributed by atoms with Gasteiger partial charge in [0.25, 0.3) is 6.04 Å². The fourth-order valence-electron chi connectivity index (χ4n) is 1.76. The molecule has 1 heterocycles. The van der Waals surface area contributed by atoms with Gasteiger partial charge in [-0.05, 0) is 25.6 Å². The minimum absolute atomic E-state index is 0.100. The largest absolute Gasteiger partial charge is 0.382 e. The highest BCUT2D eigenvalue weighted by atomic mass is 32.2. The maximum Gasteiger partial charge on any atom is 0.266 e. The van der Waals surface area contributed by atoms with Crippen molar-refractivity contribution in [2.24, 2.45) is 10.7 Å². The fourth-order valence-corrected chi connectivity index (χ4v) is 3.75. The maximum atomic E-state index is 10.6. The molecular formula is C14H24N4O2S2. The van der Waals surface area contributed by atoms with Gasteiger partial charge < -0.3 is 11.1 Å². The summed E-state index contributed by atoms with van der Waals surface area (Å²) in [5.74, 6) is 1.84. The molecule has 8 heteroatoms. The molecule has 6 nitrogen and oxygen atoms in total. The van der Waals surface area contributed by atoms with Crippen LogP contribution in [0.4, 0.5) is 0 Å². The first-order valence-corrected chi connectivity index (χ1v) is 9.25. The van der Waals surface area contributed by atoms with Crippen molar-refractivity contribution in [1.82, 2.24) is 5.32 Å². The molecule has 0 spiro atoms. The van der Waals surface area contributed by atoms with E-state index in [1.54, 1.807) is 11.8 Å². The normalized spacial score (nSPS) is 14.8. The topological polar surface area (TPSA) is 93.5 Å². The number of nitrogens with zero attached hydrogens (tertiary/aromatic N) is 2. The molecule has 1 aromatic rings. The lowest BCUT2D eigenvalue weighted by Gasteiger charge is -2.08. The minimum atomic E-state index is -0.905. The predicted molar refractivity (Wildman–Crippen MR) is 95.5 cm³/mol. The Balaban J connectivity index is 2.30. The lowest BCUT2D eigenvalue weighted by atomic mass is 10.3. The van der Waals surface area contributed by atoms with Crippen molar-refractivity contribution < 1.29 is 4.92 Å². The van der Waals surface area contributed by atoms with E-state index in [-0.39, 0.29) is 5.84 Å². The number of nitrogens with two attached hydrogens (primary N) is 1. The SMILES string of the molecule is CCNC(C)c1ccc(CSCCN=C(N)C(C)[N+](=O)[O-])s1. The summed E-state index contributed by atoms with van der Waals surface area (Å²) in [7, 11) is 0. The van der Waals surface area contributed by atoms with E-state index >= 15 is 0 Å². The van der Waals surface area contributed by atoms with E-state index in [9.17, 15) is 10.1 Å². The monoisotopic (exact) mass is 344 g/mol. The molecule has 3 N–H and O–H groups in total. The Hall–Kier alpha value is -1.12. The fraction of sp³-hybridized carbons (Fsp3) is 0.643. The molecule has 124 valence electrons. The van der Waals surface area contributed by atoms with E-state index in [0.717, 1.165) is 18.1 Å². The third-order valence-electron chi connectivity index (χ3n) is 3.14. The first-order valence-electron chi connectivity index (χ1n) is 7.28. The van der Waals surface area contributed by atoms with Crippen LogP contribution >= 0.6 is 23.1 Å². The van der Waals surface area contributed by atoms with Crippen molar-refractivity contribution in [3.63, 3.8) is 0 Å². The van der Waals surface area contributed by atoms with E-state index in [1.165, 1.54) is 16.7 Å². The van der Waals surface area contributed by atoms with Crippen LogP contribution in [0, 0.1) is 10.1 Å². The molecule has 1 aromatic heterocycles. The molecule has 2 atom stereocenters. The molecule has 2 unspecified atom stereocenters. The van der Waals surface area contributed by atoms with Gasteiger partial charge in [-0.3, -0.25) is 15.1 Å². The van der Waals surface area contributed by atoms with Crippen molar-refractivity contribution in [2.75, 3.05) is 18.8 Å². The number of rotatable bonds is 10. The van der Waals surface area contributed by atoms with Gasteiger partial charge in [0.2, 0.25) is 0 Å². The van der Waals surface area contributed by atoms with Crippen molar-refractivity contribution in [3.8, 4) is 0 Å². The second kappa shape index (κ2) is 9.81. The summed E-state index contributed by atoms with van der Waals surface area (Å²) in [4.78, 5) is 16.9. The van der Waals surface area contributed by atoms with Crippen LogP contribution in [-0.2, 0) is 5.75 Å². The third-order valence-corrected chi connectivity index (χ3v) is 5.58. The summed E-state index contributed by atoms with van der Waals surface area (Å²) < 4.78 is 0. The highest BCUT2D eigenvalue weighted by molar-refractivity contribution is 7.98. The second-order valence-corrected chi connectivity index (χ2v) is 7.21. The van der Waals surface area contributed by atoms with E-state index in [0.29, 0.717) is 12.6 Å². The smallest absolute Gasteiger partial charge is 0.266 e. The van der Waals surface area contributed by atoms with Crippen LogP contribution in [0.25, 0.3) is 0 Å². The van der Waals surface area contributed by atoms with Crippen LogP contribution in [0.3, 0.4) is 0 Å². The second-order valence-electron chi connectivity index (χ2n) is 4.90. The van der Waals surface area contributed by atoms with Gasteiger partial charge in [-0.2, -0.15) is 11.8 Å². The van der Waals surface area contributed by atoms with Crippen LogP contribution in [0.5, 0.6) is 0 Å². The van der Waals surface area contributed by atoms with Gasteiger partial charge in [-0.25, -0.2) is 0 Å². The summed E-state index contributed by atoms with van der Waals surface area (Å²) in [6.45, 7) is 7.20. The van der Waals surface area contributed by atoms with Gasteiger partial charge in [0.15, 0.2) is 5.84 Å². The molecule has 0 aliphatic carbocycles. The number of thioether (sulfide) groups is 1. The van der Waals surface area contributed by atoms with Gasteiger partial charge in [-0.15, -0.1) is 11.3 Å². The highest BCUT2D eigenvalue weighted by Crippen LogP contribution is 2.26. The standard InChI is InChI=1S/C14H24N4O2S2/c1-4-16-10(2)13-6-5-12(22-13)9-21-8-7-17-14(15)11(3)18(19)20/h5-6,10-11,16H,4,7-9H2,1-3H3,(H2,15,17). The Labute approximate surface area is 139 Å². The van der Waals surface area contributed by atoms with Gasteiger partial charge in [0.05, 0.1) is 6.54 Å². The average Bonchev–Trinajstić information content (AvgIpc) is 2.95. The molecule has 22 heavy (non-hydrogen) atoms. The molecule has 0 saturated carbocycles. The van der Waals surface area contributed by atoms with Crippen molar-refractivity contribution in [1.29, 1.82) is 0 Å². The summed E-state index contributed by atoms with van der Waals surface area (Å²) in [5, 5.41) is 14.0. The summed E-state index contributed by atoms with van der Waals surface area (Å²) in [6, 6.07) is 3.81. The molecule has 0 aromatic carbocycles. The minimum Gasteiger partial charge on any atom is -0.382 e. The van der Waals surface area contributed by atoms with Crippen molar-refractivity contribution in [3.05, 3.63) is 32.0 Å². The highest BCUT2D eigenvalue weighted by Gasteiger charge is 2.17. The first kappa shape index (κ1) is 18.9. The van der Waals surface area contributed by atoms with Crippen LogP contribution in [0.1, 0.15) is 36.6 Å². The quantitative estimate of drug-likeness (QED) is 0.224. The van der Waals surface area contributed by atoms with Gasteiger partial charge in [0.1, 0.15) is 0 Å². The number of hydrogen-bond acceptors (Lipinski definition) is 6. The average molecular weight is 345 g/mol. The van der Waals surface area contributed by atoms with Crippen LogP contribution < -0.4 is 11.1 Å². The number of hydrogen-bond donors (Lipinski definition) is 2. The number of nitrogens with one attached hydrogen (secondary N) is 1.